The highest BCUT2D eigenvalue weighted by Crippen LogP contribution is 2.12. The van der Waals surface area contributed by atoms with Crippen LogP contribution in [0.2, 0.25) is 0 Å². The lowest BCUT2D eigenvalue weighted by molar-refractivity contribution is 1.02. The molecule has 0 aliphatic rings. The van der Waals surface area contributed by atoms with Gasteiger partial charge < -0.3 is 5.43 Å². The second-order valence-corrected chi connectivity index (χ2v) is 3.81. The fourth-order valence-corrected chi connectivity index (χ4v) is 1.52. The van der Waals surface area contributed by atoms with Crippen LogP contribution >= 0.6 is 0 Å². The first-order chi connectivity index (χ1) is 8.29. The Morgan fingerprint density at radius 3 is 2.24 bits per heavy atom. The van der Waals surface area contributed by atoms with Gasteiger partial charge in [0.15, 0.2) is 0 Å². The molecule has 0 bridgehead atoms. The first kappa shape index (κ1) is 11.4. The number of amidine groups is 1. The molecule has 2 aromatic carbocycles. The normalized spacial score (nSPS) is 11.3. The van der Waals surface area contributed by atoms with Crippen LogP contribution in [0.3, 0.4) is 0 Å². The number of hydrazine groups is 1. The zero-order valence-corrected chi connectivity index (χ0v) is 9.72. The smallest absolute Gasteiger partial charge is 0.147 e. The van der Waals surface area contributed by atoms with Crippen molar-refractivity contribution in [1.82, 2.24) is 5.43 Å². The minimum absolute atomic E-state index is 0.663. The van der Waals surface area contributed by atoms with E-state index in [1.54, 1.807) is 0 Å². The van der Waals surface area contributed by atoms with Crippen molar-refractivity contribution in [3.05, 3.63) is 65.7 Å². The maximum Gasteiger partial charge on any atom is 0.147 e. The summed E-state index contributed by atoms with van der Waals surface area (Å²) in [5.41, 5.74) is 5.70. The number of aryl methyl sites for hydroxylation is 1. The Morgan fingerprint density at radius 1 is 1.00 bits per heavy atom. The third-order valence-electron chi connectivity index (χ3n) is 2.46. The van der Waals surface area contributed by atoms with Crippen molar-refractivity contribution >= 4 is 11.5 Å². The summed E-state index contributed by atoms with van der Waals surface area (Å²) in [6.45, 7) is 2.05. The van der Waals surface area contributed by atoms with Gasteiger partial charge in [0.05, 0.1) is 5.69 Å². The molecule has 0 saturated heterocycles. The van der Waals surface area contributed by atoms with E-state index < -0.39 is 0 Å². The van der Waals surface area contributed by atoms with Crippen molar-refractivity contribution < 1.29 is 0 Å². The van der Waals surface area contributed by atoms with Crippen LogP contribution in [-0.2, 0) is 0 Å². The number of nitrogens with zero attached hydrogens (tertiary/aromatic N) is 1. The zero-order chi connectivity index (χ0) is 12.1. The van der Waals surface area contributed by atoms with Crippen molar-refractivity contribution in [2.24, 2.45) is 10.8 Å². The highest BCUT2D eigenvalue weighted by molar-refractivity contribution is 5.99. The van der Waals surface area contributed by atoms with E-state index in [0.29, 0.717) is 5.84 Å². The van der Waals surface area contributed by atoms with Gasteiger partial charge in [-0.05, 0) is 19.1 Å². The van der Waals surface area contributed by atoms with Gasteiger partial charge in [-0.25, -0.2) is 10.8 Å². The maximum absolute atomic E-state index is 5.51. The molecular weight excluding hydrogens is 210 g/mol. The molecule has 3 nitrogen and oxygen atoms in total. The van der Waals surface area contributed by atoms with Crippen LogP contribution in [0.1, 0.15) is 11.1 Å². The molecule has 0 radical (unpaired) electrons. The van der Waals surface area contributed by atoms with Crippen LogP contribution in [0.25, 0.3) is 0 Å². The summed E-state index contributed by atoms with van der Waals surface area (Å²) in [6, 6.07) is 17.8. The van der Waals surface area contributed by atoms with Crippen molar-refractivity contribution in [3.63, 3.8) is 0 Å². The molecule has 0 aromatic heterocycles. The van der Waals surface area contributed by atoms with E-state index >= 15 is 0 Å². The van der Waals surface area contributed by atoms with Gasteiger partial charge in [-0.3, -0.25) is 0 Å². The quantitative estimate of drug-likeness (QED) is 0.357. The molecule has 0 atom stereocenters. The van der Waals surface area contributed by atoms with Crippen LogP contribution < -0.4 is 11.3 Å². The van der Waals surface area contributed by atoms with Gasteiger partial charge in [-0.15, -0.1) is 0 Å². The van der Waals surface area contributed by atoms with Gasteiger partial charge in [0.1, 0.15) is 5.84 Å². The first-order valence-corrected chi connectivity index (χ1v) is 5.47. The topological polar surface area (TPSA) is 50.4 Å². The number of rotatable bonds is 2. The number of nitrogens with two attached hydrogens (primary N) is 1. The SMILES string of the molecule is Cc1ccc(C(=Nc2ccccc2)NN)cc1. The average molecular weight is 225 g/mol. The van der Waals surface area contributed by atoms with Crippen molar-refractivity contribution in [1.29, 1.82) is 0 Å². The Kier molecular flexibility index (Phi) is 3.52. The molecule has 0 saturated carbocycles. The summed E-state index contributed by atoms with van der Waals surface area (Å²) >= 11 is 0. The lowest BCUT2D eigenvalue weighted by Crippen LogP contribution is -2.30. The Hall–Kier alpha value is -2.13. The monoisotopic (exact) mass is 225 g/mol. The summed E-state index contributed by atoms with van der Waals surface area (Å²) in [4.78, 5) is 4.46. The Labute approximate surface area is 101 Å². The van der Waals surface area contributed by atoms with Gasteiger partial charge in [0.25, 0.3) is 0 Å². The molecule has 0 aliphatic carbocycles. The molecule has 0 amide bonds. The third kappa shape index (κ3) is 2.92. The Bertz CT molecular complexity index is 501. The van der Waals surface area contributed by atoms with Crippen LogP contribution in [0, 0.1) is 6.92 Å². The number of benzene rings is 2. The highest BCUT2D eigenvalue weighted by Gasteiger charge is 2.00. The summed E-state index contributed by atoms with van der Waals surface area (Å²) in [6.07, 6.45) is 0. The lowest BCUT2D eigenvalue weighted by atomic mass is 10.1. The van der Waals surface area contributed by atoms with Gasteiger partial charge >= 0.3 is 0 Å². The molecule has 0 spiro atoms. The van der Waals surface area contributed by atoms with Gasteiger partial charge in [0, 0.05) is 5.56 Å². The summed E-state index contributed by atoms with van der Waals surface area (Å²) in [5.74, 6) is 6.17. The predicted octanol–water partition coefficient (Wildman–Crippen LogP) is 2.54. The fraction of sp³-hybridized carbons (Fsp3) is 0.0714. The predicted molar refractivity (Wildman–Crippen MR) is 71.1 cm³/mol. The molecule has 86 valence electrons. The highest BCUT2D eigenvalue weighted by atomic mass is 15.2. The van der Waals surface area contributed by atoms with Crippen molar-refractivity contribution in [2.45, 2.75) is 6.92 Å². The van der Waals surface area contributed by atoms with Crippen LogP contribution in [0.15, 0.2) is 59.6 Å². The van der Waals surface area contributed by atoms with E-state index in [1.807, 2.05) is 61.5 Å². The molecular formula is C14H15N3. The standard InChI is InChI=1S/C14H15N3/c1-11-7-9-12(10-8-11)14(17-15)16-13-5-3-2-4-6-13/h2-10H,15H2,1H3,(H,16,17). The molecule has 0 fully saturated rings. The van der Waals surface area contributed by atoms with Crippen molar-refractivity contribution in [3.8, 4) is 0 Å². The molecule has 2 aromatic rings. The van der Waals surface area contributed by atoms with Gasteiger partial charge in [0.2, 0.25) is 0 Å². The molecule has 0 heterocycles. The number of hydrogen-bond donors (Lipinski definition) is 2. The largest absolute Gasteiger partial charge is 0.308 e. The summed E-state index contributed by atoms with van der Waals surface area (Å²) < 4.78 is 0. The second-order valence-electron chi connectivity index (χ2n) is 3.81. The Balaban J connectivity index is 2.34. The maximum atomic E-state index is 5.51. The van der Waals surface area contributed by atoms with Crippen LogP contribution in [0.5, 0.6) is 0 Å². The molecule has 2 rings (SSSR count). The van der Waals surface area contributed by atoms with E-state index in [-0.39, 0.29) is 0 Å². The molecule has 0 aliphatic heterocycles. The number of aliphatic imine (C=N–C) groups is 1. The summed E-state index contributed by atoms with van der Waals surface area (Å²) in [7, 11) is 0. The fourth-order valence-electron chi connectivity index (χ4n) is 1.52. The van der Waals surface area contributed by atoms with Gasteiger partial charge in [-0.2, -0.15) is 0 Å². The molecule has 17 heavy (non-hydrogen) atoms. The van der Waals surface area contributed by atoms with E-state index in [1.165, 1.54) is 5.56 Å². The number of nitrogens with one attached hydrogen (secondary N) is 1. The van der Waals surface area contributed by atoms with Crippen LogP contribution in [-0.4, -0.2) is 5.84 Å². The van der Waals surface area contributed by atoms with Crippen molar-refractivity contribution in [2.75, 3.05) is 0 Å². The molecule has 3 heteroatoms. The zero-order valence-electron chi connectivity index (χ0n) is 9.72. The first-order valence-electron chi connectivity index (χ1n) is 5.47. The van der Waals surface area contributed by atoms with E-state index in [2.05, 4.69) is 10.4 Å². The Morgan fingerprint density at radius 2 is 1.65 bits per heavy atom. The third-order valence-corrected chi connectivity index (χ3v) is 2.46. The second kappa shape index (κ2) is 5.27. The minimum atomic E-state index is 0.663. The molecule has 3 N–H and O–H groups in total. The van der Waals surface area contributed by atoms with E-state index in [9.17, 15) is 0 Å². The number of hydrogen-bond acceptors (Lipinski definition) is 2. The lowest BCUT2D eigenvalue weighted by Gasteiger charge is -2.06. The summed E-state index contributed by atoms with van der Waals surface area (Å²) in [5, 5.41) is 0. The van der Waals surface area contributed by atoms with Crippen LogP contribution in [0.4, 0.5) is 5.69 Å². The minimum Gasteiger partial charge on any atom is -0.308 e. The average Bonchev–Trinajstić information content (AvgIpc) is 2.38. The van der Waals surface area contributed by atoms with Gasteiger partial charge in [-0.1, -0.05) is 48.0 Å². The van der Waals surface area contributed by atoms with E-state index in [0.717, 1.165) is 11.3 Å². The number of para-hydroxylation sites is 1. The molecule has 0 unspecified atom stereocenters. The van der Waals surface area contributed by atoms with E-state index in [4.69, 9.17) is 5.84 Å².